The molecule has 0 radical (unpaired) electrons. The fourth-order valence-electron chi connectivity index (χ4n) is 1.71. The molecule has 1 aromatic rings. The van der Waals surface area contributed by atoms with Crippen LogP contribution in [0.1, 0.15) is 37.6 Å². The number of carbonyl (C=O) groups is 2. The third-order valence-electron chi connectivity index (χ3n) is 3.27. The molecule has 1 rings (SSSR count). The van der Waals surface area contributed by atoms with E-state index < -0.39 is 21.5 Å². The number of nitrogens with one attached hydrogen (secondary N) is 1. The van der Waals surface area contributed by atoms with Crippen molar-refractivity contribution in [1.29, 1.82) is 0 Å². The second-order valence-corrected chi connectivity index (χ2v) is 6.55. The topological polar surface area (TPSA) is 89.5 Å². The second kappa shape index (κ2) is 6.36. The van der Waals surface area contributed by atoms with Crippen LogP contribution in [0, 0.1) is 0 Å². The van der Waals surface area contributed by atoms with E-state index in [4.69, 9.17) is 0 Å². The van der Waals surface area contributed by atoms with Gasteiger partial charge in [-0.1, -0.05) is 19.1 Å². The van der Waals surface area contributed by atoms with Crippen LogP contribution in [-0.2, 0) is 19.6 Å². The van der Waals surface area contributed by atoms with Crippen molar-refractivity contribution in [2.24, 2.45) is 0 Å². The minimum absolute atomic E-state index is 0.0175. The van der Waals surface area contributed by atoms with E-state index in [1.807, 2.05) is 0 Å². The lowest BCUT2D eigenvalue weighted by molar-refractivity contribution is -0.147. The second-order valence-electron chi connectivity index (χ2n) is 4.86. The van der Waals surface area contributed by atoms with Gasteiger partial charge in [-0.3, -0.25) is 9.59 Å². The molecule has 0 aliphatic heterocycles. The van der Waals surface area contributed by atoms with Crippen molar-refractivity contribution in [2.45, 2.75) is 37.6 Å². The van der Waals surface area contributed by atoms with Gasteiger partial charge in [0, 0.05) is 5.56 Å². The molecular weight excluding hydrogens is 294 g/mol. The van der Waals surface area contributed by atoms with Crippen molar-refractivity contribution in [1.82, 2.24) is 4.72 Å². The highest BCUT2D eigenvalue weighted by molar-refractivity contribution is 7.89. The number of esters is 1. The van der Waals surface area contributed by atoms with E-state index in [0.717, 1.165) is 0 Å². The first-order valence-corrected chi connectivity index (χ1v) is 7.88. The molecule has 6 nitrogen and oxygen atoms in total. The SMILES string of the molecule is CCC(C)(NS(=O)(=O)c1ccc(C(C)=O)cc1)C(=O)OC. The molecule has 21 heavy (non-hydrogen) atoms. The summed E-state index contributed by atoms with van der Waals surface area (Å²) in [4.78, 5) is 22.9. The molecule has 1 N–H and O–H groups in total. The molecule has 1 unspecified atom stereocenters. The lowest BCUT2D eigenvalue weighted by Gasteiger charge is -2.26. The Morgan fingerprint density at radius 2 is 1.76 bits per heavy atom. The maximum Gasteiger partial charge on any atom is 0.326 e. The fraction of sp³-hybridized carbons (Fsp3) is 0.429. The largest absolute Gasteiger partial charge is 0.468 e. The fourth-order valence-corrected chi connectivity index (χ4v) is 3.14. The normalized spacial score (nSPS) is 14.3. The van der Waals surface area contributed by atoms with Crippen molar-refractivity contribution >= 4 is 21.8 Å². The Morgan fingerprint density at radius 1 is 1.24 bits per heavy atom. The van der Waals surface area contributed by atoms with Crippen molar-refractivity contribution < 1.29 is 22.7 Å². The Hall–Kier alpha value is -1.73. The summed E-state index contributed by atoms with van der Waals surface area (Å²) >= 11 is 0. The van der Waals surface area contributed by atoms with Gasteiger partial charge in [0.1, 0.15) is 5.54 Å². The summed E-state index contributed by atoms with van der Waals surface area (Å²) in [6.07, 6.45) is 0.241. The lowest BCUT2D eigenvalue weighted by Crippen LogP contribution is -2.52. The Labute approximate surface area is 124 Å². The van der Waals surface area contributed by atoms with Crippen LogP contribution >= 0.6 is 0 Å². The summed E-state index contributed by atoms with van der Waals surface area (Å²) in [5.41, 5.74) is -0.924. The lowest BCUT2D eigenvalue weighted by atomic mass is 10.0. The summed E-state index contributed by atoms with van der Waals surface area (Å²) in [5.74, 6) is -0.811. The van der Waals surface area contributed by atoms with E-state index in [1.165, 1.54) is 45.2 Å². The van der Waals surface area contributed by atoms with E-state index in [0.29, 0.717) is 5.56 Å². The summed E-state index contributed by atoms with van der Waals surface area (Å²) in [7, 11) is -2.69. The van der Waals surface area contributed by atoms with Crippen molar-refractivity contribution in [3.63, 3.8) is 0 Å². The number of hydrogen-bond donors (Lipinski definition) is 1. The van der Waals surface area contributed by atoms with E-state index >= 15 is 0 Å². The molecule has 0 spiro atoms. The van der Waals surface area contributed by atoms with Crippen LogP contribution in [0.15, 0.2) is 29.2 Å². The average molecular weight is 313 g/mol. The molecule has 7 heteroatoms. The van der Waals surface area contributed by atoms with Crippen molar-refractivity contribution in [2.75, 3.05) is 7.11 Å². The van der Waals surface area contributed by atoms with Gasteiger partial charge in [0.05, 0.1) is 12.0 Å². The van der Waals surface area contributed by atoms with E-state index in [2.05, 4.69) is 9.46 Å². The smallest absolute Gasteiger partial charge is 0.326 e. The molecule has 0 saturated carbocycles. The van der Waals surface area contributed by atoms with Gasteiger partial charge >= 0.3 is 5.97 Å². The van der Waals surface area contributed by atoms with E-state index in [-0.39, 0.29) is 17.1 Å². The van der Waals surface area contributed by atoms with Crippen LogP contribution in [0.3, 0.4) is 0 Å². The molecule has 0 amide bonds. The molecule has 0 aliphatic carbocycles. The number of methoxy groups -OCH3 is 1. The van der Waals surface area contributed by atoms with E-state index in [1.54, 1.807) is 6.92 Å². The first-order valence-electron chi connectivity index (χ1n) is 6.39. The number of carbonyl (C=O) groups excluding carboxylic acids is 2. The van der Waals surface area contributed by atoms with Crippen LogP contribution in [0.4, 0.5) is 0 Å². The molecule has 0 aromatic heterocycles. The zero-order chi connectivity index (χ0) is 16.3. The predicted molar refractivity (Wildman–Crippen MR) is 77.5 cm³/mol. The van der Waals surface area contributed by atoms with E-state index in [9.17, 15) is 18.0 Å². The van der Waals surface area contributed by atoms with Gasteiger partial charge in [0.15, 0.2) is 5.78 Å². The van der Waals surface area contributed by atoms with Gasteiger partial charge < -0.3 is 4.74 Å². The Bertz CT molecular complexity index is 636. The highest BCUT2D eigenvalue weighted by Crippen LogP contribution is 2.18. The molecular formula is C14H19NO5S. The van der Waals surface area contributed by atoms with Crippen molar-refractivity contribution in [3.05, 3.63) is 29.8 Å². The third kappa shape index (κ3) is 3.89. The zero-order valence-electron chi connectivity index (χ0n) is 12.5. The molecule has 0 heterocycles. The van der Waals surface area contributed by atoms with Crippen LogP contribution in [0.2, 0.25) is 0 Å². The van der Waals surface area contributed by atoms with Crippen LogP contribution < -0.4 is 4.72 Å². The van der Waals surface area contributed by atoms with Crippen LogP contribution in [0.25, 0.3) is 0 Å². The number of benzene rings is 1. The van der Waals surface area contributed by atoms with Gasteiger partial charge in [-0.2, -0.15) is 4.72 Å². The first kappa shape index (κ1) is 17.3. The van der Waals surface area contributed by atoms with Gasteiger partial charge in [-0.15, -0.1) is 0 Å². The molecule has 0 fully saturated rings. The minimum atomic E-state index is -3.89. The minimum Gasteiger partial charge on any atom is -0.468 e. The first-order chi connectivity index (χ1) is 9.66. The highest BCUT2D eigenvalue weighted by Gasteiger charge is 2.37. The number of ether oxygens (including phenoxy) is 1. The molecule has 0 bridgehead atoms. The Morgan fingerprint density at radius 3 is 2.14 bits per heavy atom. The number of Topliss-reactive ketones (excluding diaryl/α,β-unsaturated/α-hetero) is 1. The van der Waals surface area contributed by atoms with Gasteiger partial charge in [-0.05, 0) is 32.4 Å². The predicted octanol–water partition coefficient (Wildman–Crippen LogP) is 1.51. The summed E-state index contributed by atoms with van der Waals surface area (Å²) < 4.78 is 31.6. The third-order valence-corrected chi connectivity index (χ3v) is 4.89. The van der Waals surface area contributed by atoms with Gasteiger partial charge in [0.25, 0.3) is 0 Å². The van der Waals surface area contributed by atoms with Gasteiger partial charge in [-0.25, -0.2) is 8.42 Å². The summed E-state index contributed by atoms with van der Waals surface area (Å²) in [6, 6.07) is 5.51. The monoisotopic (exact) mass is 313 g/mol. The molecule has 1 aromatic carbocycles. The Balaban J connectivity index is 3.11. The quantitative estimate of drug-likeness (QED) is 0.635. The highest BCUT2D eigenvalue weighted by atomic mass is 32.2. The molecule has 0 saturated heterocycles. The summed E-state index contributed by atoms with van der Waals surface area (Å²) in [5, 5.41) is 0. The van der Waals surface area contributed by atoms with Gasteiger partial charge in [0.2, 0.25) is 10.0 Å². The average Bonchev–Trinajstić information content (AvgIpc) is 2.45. The standard InChI is InChI=1S/C14H19NO5S/c1-5-14(3,13(17)20-4)15-21(18,19)12-8-6-11(7-9-12)10(2)16/h6-9,15H,5H2,1-4H3. The zero-order valence-corrected chi connectivity index (χ0v) is 13.3. The number of rotatable bonds is 6. The van der Waals surface area contributed by atoms with Crippen LogP contribution in [-0.4, -0.2) is 32.8 Å². The summed E-state index contributed by atoms with van der Waals surface area (Å²) in [6.45, 7) is 4.53. The maximum atomic E-state index is 12.3. The maximum absolute atomic E-state index is 12.3. The number of hydrogen-bond acceptors (Lipinski definition) is 5. The Kier molecular flexibility index (Phi) is 5.25. The number of sulfonamides is 1. The molecule has 116 valence electrons. The molecule has 1 atom stereocenters. The number of ketones is 1. The van der Waals surface area contributed by atoms with Crippen LogP contribution in [0.5, 0.6) is 0 Å². The van der Waals surface area contributed by atoms with Crippen molar-refractivity contribution in [3.8, 4) is 0 Å². The molecule has 0 aliphatic rings.